The second-order valence-electron chi connectivity index (χ2n) is 9.55. The van der Waals surface area contributed by atoms with Crippen LogP contribution in [0, 0.1) is 6.92 Å². The second-order valence-corrected chi connectivity index (χ2v) is 11.2. The highest BCUT2D eigenvalue weighted by atomic mass is 32.2. The number of hydrogen-bond donors (Lipinski definition) is 1. The molecule has 3 aromatic rings. The maximum absolute atomic E-state index is 13.6. The summed E-state index contributed by atoms with van der Waals surface area (Å²) in [5, 5.41) is 3.51. The summed E-state index contributed by atoms with van der Waals surface area (Å²) in [6.07, 6.45) is 9.02. The molecule has 0 atom stereocenters. The number of pyridine rings is 1. The van der Waals surface area contributed by atoms with Gasteiger partial charge < -0.3 is 14.8 Å². The molecule has 6 rings (SSSR count). The molecule has 190 valence electrons. The summed E-state index contributed by atoms with van der Waals surface area (Å²) < 4.78 is 12.8. The van der Waals surface area contributed by atoms with Crippen molar-refractivity contribution in [2.45, 2.75) is 51.6 Å². The van der Waals surface area contributed by atoms with Crippen LogP contribution in [0.15, 0.2) is 46.2 Å². The molecule has 8 nitrogen and oxygen atoms in total. The third kappa shape index (κ3) is 4.71. The largest absolute Gasteiger partial charge is 0.454 e. The van der Waals surface area contributed by atoms with E-state index in [0.29, 0.717) is 44.3 Å². The van der Waals surface area contributed by atoms with Gasteiger partial charge in [0.2, 0.25) is 6.79 Å². The molecule has 1 amide bonds. The van der Waals surface area contributed by atoms with E-state index in [0.717, 1.165) is 36.8 Å². The van der Waals surface area contributed by atoms with Crippen molar-refractivity contribution in [2.24, 2.45) is 0 Å². The molecule has 2 aromatic heterocycles. The minimum Gasteiger partial charge on any atom is -0.454 e. The van der Waals surface area contributed by atoms with Gasteiger partial charge in [0.05, 0.1) is 17.0 Å². The summed E-state index contributed by atoms with van der Waals surface area (Å²) in [4.78, 5) is 33.8. The molecule has 0 radical (unpaired) electrons. The van der Waals surface area contributed by atoms with Crippen LogP contribution in [0.3, 0.4) is 0 Å². The molecular formula is C27H26N4O4S2. The van der Waals surface area contributed by atoms with E-state index < -0.39 is 0 Å². The number of thioether (sulfide) groups is 1. The van der Waals surface area contributed by atoms with Gasteiger partial charge in [-0.1, -0.05) is 55.4 Å². The molecule has 0 spiro atoms. The van der Waals surface area contributed by atoms with E-state index in [1.165, 1.54) is 18.2 Å². The second kappa shape index (κ2) is 9.83. The van der Waals surface area contributed by atoms with Crippen LogP contribution in [-0.2, 0) is 11.3 Å². The Morgan fingerprint density at radius 3 is 2.78 bits per heavy atom. The Labute approximate surface area is 223 Å². The first kappa shape index (κ1) is 24.0. The molecule has 1 aromatic carbocycles. The number of aromatic nitrogens is 2. The minimum absolute atomic E-state index is 0.189. The SMILES string of the molecule is Cc1ccc2nc(NC3CCCCC3)c(/C=C3/SC(=S)N(Cc4ccc5c(c4)OCO5)C3=O)c(=O)n2c1. The number of rotatable bonds is 5. The molecule has 3 aliphatic rings. The summed E-state index contributed by atoms with van der Waals surface area (Å²) in [6, 6.07) is 9.62. The lowest BCUT2D eigenvalue weighted by molar-refractivity contribution is -0.122. The highest BCUT2D eigenvalue weighted by Gasteiger charge is 2.33. The molecule has 0 unspecified atom stereocenters. The lowest BCUT2D eigenvalue weighted by Crippen LogP contribution is -2.28. The number of benzene rings is 1. The molecule has 10 heteroatoms. The van der Waals surface area contributed by atoms with Crippen LogP contribution in [0.4, 0.5) is 5.82 Å². The first-order valence-electron chi connectivity index (χ1n) is 12.4. The molecule has 37 heavy (non-hydrogen) atoms. The Morgan fingerprint density at radius 1 is 1.14 bits per heavy atom. The third-order valence-corrected chi connectivity index (χ3v) is 8.26. The van der Waals surface area contributed by atoms with Crippen LogP contribution in [0.5, 0.6) is 11.5 Å². The van der Waals surface area contributed by atoms with E-state index in [1.54, 1.807) is 21.6 Å². The Balaban J connectivity index is 1.35. The number of aryl methyl sites for hydroxylation is 1. The van der Waals surface area contributed by atoms with Crippen molar-refractivity contribution in [3.05, 3.63) is 68.5 Å². The van der Waals surface area contributed by atoms with E-state index in [9.17, 15) is 9.59 Å². The van der Waals surface area contributed by atoms with Crippen LogP contribution >= 0.6 is 24.0 Å². The molecule has 4 heterocycles. The molecule has 1 aliphatic carbocycles. The highest BCUT2D eigenvalue weighted by Crippen LogP contribution is 2.37. The van der Waals surface area contributed by atoms with Gasteiger partial charge in [-0.3, -0.25) is 18.9 Å². The van der Waals surface area contributed by atoms with Gasteiger partial charge in [0.25, 0.3) is 11.5 Å². The van der Waals surface area contributed by atoms with E-state index in [2.05, 4.69) is 5.32 Å². The first-order chi connectivity index (χ1) is 18.0. The average molecular weight is 535 g/mol. The predicted molar refractivity (Wildman–Crippen MR) is 148 cm³/mol. The lowest BCUT2D eigenvalue weighted by atomic mass is 9.95. The maximum Gasteiger partial charge on any atom is 0.267 e. The van der Waals surface area contributed by atoms with Crippen molar-refractivity contribution >= 4 is 51.7 Å². The number of hydrogen-bond acceptors (Lipinski definition) is 8. The fraction of sp³-hybridized carbons (Fsp3) is 0.333. The minimum atomic E-state index is -0.231. The number of nitrogens with zero attached hydrogens (tertiary/aromatic N) is 3. The van der Waals surface area contributed by atoms with Crippen LogP contribution in [0.25, 0.3) is 11.7 Å². The van der Waals surface area contributed by atoms with Crippen molar-refractivity contribution in [3.63, 3.8) is 0 Å². The zero-order chi connectivity index (χ0) is 25.5. The fourth-order valence-corrected chi connectivity index (χ4v) is 6.17. The molecule has 2 aliphatic heterocycles. The normalized spacial score (nSPS) is 18.8. The van der Waals surface area contributed by atoms with Gasteiger partial charge in [-0.15, -0.1) is 0 Å². The number of thiocarbonyl (C=S) groups is 1. The van der Waals surface area contributed by atoms with Crippen LogP contribution in [-0.4, -0.2) is 37.3 Å². The standard InChI is InChI=1S/C27H26N4O4S2/c1-16-7-10-23-29-24(28-18-5-3-2-4-6-18)19(25(32)30(23)13-16)12-22-26(33)31(27(36)37-22)14-17-8-9-20-21(11-17)35-15-34-20/h7-13,18,28H,2-6,14-15H2,1H3/b22-12+. The Hall–Kier alpha value is -3.37. The number of carbonyl (C=O) groups is 1. The zero-order valence-electron chi connectivity index (χ0n) is 20.4. The monoisotopic (exact) mass is 534 g/mol. The van der Waals surface area contributed by atoms with E-state index in [-0.39, 0.29) is 24.3 Å². The van der Waals surface area contributed by atoms with E-state index in [4.69, 9.17) is 26.7 Å². The number of anilines is 1. The van der Waals surface area contributed by atoms with Crippen LogP contribution in [0.2, 0.25) is 0 Å². The summed E-state index contributed by atoms with van der Waals surface area (Å²) >= 11 is 6.76. The quantitative estimate of drug-likeness (QED) is 0.366. The smallest absolute Gasteiger partial charge is 0.267 e. The van der Waals surface area contributed by atoms with Crippen LogP contribution in [0.1, 0.15) is 48.8 Å². The first-order valence-corrected chi connectivity index (χ1v) is 13.6. The Morgan fingerprint density at radius 2 is 1.95 bits per heavy atom. The van der Waals surface area contributed by atoms with Crippen molar-refractivity contribution in [1.29, 1.82) is 0 Å². The summed E-state index contributed by atoms with van der Waals surface area (Å²) in [5.74, 6) is 1.63. The van der Waals surface area contributed by atoms with Gasteiger partial charge in [-0.05, 0) is 55.2 Å². The predicted octanol–water partition coefficient (Wildman–Crippen LogP) is 4.88. The Bertz CT molecular complexity index is 1510. The topological polar surface area (TPSA) is 85.2 Å². The van der Waals surface area contributed by atoms with E-state index in [1.807, 2.05) is 37.3 Å². The van der Waals surface area contributed by atoms with Crippen LogP contribution < -0.4 is 20.3 Å². The van der Waals surface area contributed by atoms with Gasteiger partial charge in [-0.25, -0.2) is 4.98 Å². The highest BCUT2D eigenvalue weighted by molar-refractivity contribution is 8.26. The van der Waals surface area contributed by atoms with Gasteiger partial charge in [0.15, 0.2) is 11.5 Å². The maximum atomic E-state index is 13.6. The number of fused-ring (bicyclic) bond motifs is 2. The Kier molecular flexibility index (Phi) is 6.37. The summed E-state index contributed by atoms with van der Waals surface area (Å²) in [6.45, 7) is 2.43. The van der Waals surface area contributed by atoms with Crippen molar-refractivity contribution < 1.29 is 14.3 Å². The molecule has 1 saturated heterocycles. The molecule has 2 fully saturated rings. The summed E-state index contributed by atoms with van der Waals surface area (Å²) in [7, 11) is 0. The molecule has 0 bridgehead atoms. The number of nitrogens with one attached hydrogen (secondary N) is 1. The van der Waals surface area contributed by atoms with Crippen molar-refractivity contribution in [1.82, 2.24) is 14.3 Å². The third-order valence-electron chi connectivity index (χ3n) is 6.88. The van der Waals surface area contributed by atoms with Gasteiger partial charge >= 0.3 is 0 Å². The lowest BCUT2D eigenvalue weighted by Gasteiger charge is -2.24. The molecule has 1 saturated carbocycles. The van der Waals surface area contributed by atoms with Gasteiger partial charge in [0.1, 0.15) is 15.8 Å². The number of carbonyl (C=O) groups excluding carboxylic acids is 1. The number of amides is 1. The fourth-order valence-electron chi connectivity index (χ4n) is 4.93. The van der Waals surface area contributed by atoms with Crippen molar-refractivity contribution in [3.8, 4) is 11.5 Å². The summed E-state index contributed by atoms with van der Waals surface area (Å²) in [5.41, 5.74) is 2.56. The van der Waals surface area contributed by atoms with Crippen molar-refractivity contribution in [2.75, 3.05) is 12.1 Å². The average Bonchev–Trinajstić information content (AvgIpc) is 3.47. The van der Waals surface area contributed by atoms with Gasteiger partial charge in [-0.2, -0.15) is 0 Å². The molecule has 1 N–H and O–H groups in total. The molecular weight excluding hydrogens is 508 g/mol. The van der Waals surface area contributed by atoms with E-state index >= 15 is 0 Å². The van der Waals surface area contributed by atoms with Gasteiger partial charge in [0, 0.05) is 12.2 Å². The number of ether oxygens (including phenoxy) is 2. The zero-order valence-corrected chi connectivity index (χ0v) is 22.0.